The number of ketones is 1. The number of carbonyl (C=O) groups is 2. The summed E-state index contributed by atoms with van der Waals surface area (Å²) in [6.07, 6.45) is 0.983. The van der Waals surface area contributed by atoms with Gasteiger partial charge in [0.25, 0.3) is 0 Å². The van der Waals surface area contributed by atoms with Gasteiger partial charge in [-0.05, 0) is 31.0 Å². The molecule has 0 aliphatic carbocycles. The first-order chi connectivity index (χ1) is 9.54. The van der Waals surface area contributed by atoms with Crippen molar-refractivity contribution in [2.24, 2.45) is 5.92 Å². The summed E-state index contributed by atoms with van der Waals surface area (Å²) in [6.45, 7) is 0.535. The summed E-state index contributed by atoms with van der Waals surface area (Å²) >= 11 is 11.8. The van der Waals surface area contributed by atoms with Crippen molar-refractivity contribution in [1.29, 1.82) is 5.26 Å². The molecule has 1 saturated heterocycles. The molecule has 1 heterocycles. The van der Waals surface area contributed by atoms with Crippen LogP contribution in [0, 0.1) is 17.2 Å². The largest absolute Gasteiger partial charge is 0.312 e. The van der Waals surface area contributed by atoms with Crippen molar-refractivity contribution in [3.63, 3.8) is 0 Å². The lowest BCUT2D eigenvalue weighted by Gasteiger charge is -2.31. The molecule has 0 spiro atoms. The van der Waals surface area contributed by atoms with E-state index in [1.165, 1.54) is 4.90 Å². The first kappa shape index (κ1) is 14.8. The first-order valence-electron chi connectivity index (χ1n) is 6.20. The lowest BCUT2D eigenvalue weighted by atomic mass is 9.91. The molecule has 1 aromatic rings. The van der Waals surface area contributed by atoms with Gasteiger partial charge in [-0.2, -0.15) is 5.26 Å². The fourth-order valence-electron chi connectivity index (χ4n) is 2.28. The number of piperidine rings is 1. The topological polar surface area (TPSA) is 61.2 Å². The first-order valence-corrected chi connectivity index (χ1v) is 6.96. The van der Waals surface area contributed by atoms with E-state index in [2.05, 4.69) is 0 Å². The number of amides is 1. The fourth-order valence-corrected chi connectivity index (χ4v) is 2.58. The molecule has 1 aromatic carbocycles. The standard InChI is InChI=1S/C14H12Cl2N2O2/c15-11-4-3-9(8-12(11)16)18-7-1-2-10(14(18)20)13(19)5-6-17/h3-4,8,10H,1-2,5,7H2/t10-/m0/s1. The van der Waals surface area contributed by atoms with Crippen LogP contribution in [0.5, 0.6) is 0 Å². The van der Waals surface area contributed by atoms with E-state index in [4.69, 9.17) is 28.5 Å². The number of Topliss-reactive ketones (excluding diaryl/α,β-unsaturated/α-hetero) is 1. The number of hydrogen-bond acceptors (Lipinski definition) is 3. The highest BCUT2D eigenvalue weighted by Crippen LogP contribution is 2.30. The quantitative estimate of drug-likeness (QED) is 0.805. The monoisotopic (exact) mass is 310 g/mol. The van der Waals surface area contributed by atoms with Gasteiger partial charge < -0.3 is 4.90 Å². The van der Waals surface area contributed by atoms with Crippen LogP contribution in [0.2, 0.25) is 10.0 Å². The third-order valence-electron chi connectivity index (χ3n) is 3.30. The molecule has 0 aromatic heterocycles. The van der Waals surface area contributed by atoms with E-state index < -0.39 is 5.92 Å². The van der Waals surface area contributed by atoms with E-state index in [9.17, 15) is 9.59 Å². The number of carbonyl (C=O) groups excluding carboxylic acids is 2. The summed E-state index contributed by atoms with van der Waals surface area (Å²) < 4.78 is 0. The van der Waals surface area contributed by atoms with Gasteiger partial charge in [0.05, 0.1) is 28.5 Å². The van der Waals surface area contributed by atoms with Crippen molar-refractivity contribution >= 4 is 40.6 Å². The Balaban J connectivity index is 2.24. The van der Waals surface area contributed by atoms with Crippen LogP contribution in [0.4, 0.5) is 5.69 Å². The number of hydrogen-bond donors (Lipinski definition) is 0. The third kappa shape index (κ3) is 2.95. The third-order valence-corrected chi connectivity index (χ3v) is 4.03. The zero-order chi connectivity index (χ0) is 14.7. The molecule has 6 heteroatoms. The van der Waals surface area contributed by atoms with Gasteiger partial charge in [-0.3, -0.25) is 9.59 Å². The van der Waals surface area contributed by atoms with E-state index in [1.807, 2.05) is 0 Å². The van der Waals surface area contributed by atoms with Crippen LogP contribution < -0.4 is 4.90 Å². The van der Waals surface area contributed by atoms with Gasteiger partial charge in [-0.1, -0.05) is 23.2 Å². The highest BCUT2D eigenvalue weighted by Gasteiger charge is 2.34. The zero-order valence-electron chi connectivity index (χ0n) is 10.6. The average molecular weight is 311 g/mol. The summed E-state index contributed by atoms with van der Waals surface area (Å²) in [5.74, 6) is -1.31. The van der Waals surface area contributed by atoms with Gasteiger partial charge in [0.2, 0.25) is 5.91 Å². The summed E-state index contributed by atoms with van der Waals surface area (Å²) in [7, 11) is 0. The van der Waals surface area contributed by atoms with Gasteiger partial charge >= 0.3 is 0 Å². The molecule has 0 radical (unpaired) electrons. The van der Waals surface area contributed by atoms with Crippen LogP contribution in [0.3, 0.4) is 0 Å². The summed E-state index contributed by atoms with van der Waals surface area (Å²) in [6, 6.07) is 6.72. The molecule has 20 heavy (non-hydrogen) atoms. The minimum atomic E-state index is -0.724. The summed E-state index contributed by atoms with van der Waals surface area (Å²) in [5.41, 5.74) is 0.624. The number of nitriles is 1. The molecule has 0 bridgehead atoms. The normalized spacial score (nSPS) is 18.8. The Morgan fingerprint density at radius 2 is 2.15 bits per heavy atom. The number of nitrogens with zero attached hydrogens (tertiary/aromatic N) is 2. The SMILES string of the molecule is N#CCC(=O)[C@@H]1CCCN(c2ccc(Cl)c(Cl)c2)C1=O. The number of halogens is 2. The Morgan fingerprint density at radius 3 is 2.80 bits per heavy atom. The number of anilines is 1. The predicted octanol–water partition coefficient (Wildman–Crippen LogP) is 3.22. The van der Waals surface area contributed by atoms with Crippen molar-refractivity contribution in [2.75, 3.05) is 11.4 Å². The van der Waals surface area contributed by atoms with Gasteiger partial charge in [0, 0.05) is 12.2 Å². The Labute approximate surface area is 126 Å². The lowest BCUT2D eigenvalue weighted by molar-refractivity contribution is -0.133. The maximum atomic E-state index is 12.4. The molecular weight excluding hydrogens is 299 g/mol. The predicted molar refractivity (Wildman–Crippen MR) is 76.8 cm³/mol. The van der Waals surface area contributed by atoms with E-state index in [0.29, 0.717) is 35.1 Å². The van der Waals surface area contributed by atoms with E-state index in [1.54, 1.807) is 24.3 Å². The Morgan fingerprint density at radius 1 is 1.40 bits per heavy atom. The highest BCUT2D eigenvalue weighted by atomic mass is 35.5. The molecule has 1 aliphatic rings. The minimum absolute atomic E-state index is 0.231. The van der Waals surface area contributed by atoms with Gasteiger partial charge in [0.1, 0.15) is 0 Å². The number of rotatable bonds is 3. The van der Waals surface area contributed by atoms with Crippen molar-refractivity contribution in [2.45, 2.75) is 19.3 Å². The Kier molecular flexibility index (Phi) is 4.64. The molecule has 1 atom stereocenters. The second-order valence-electron chi connectivity index (χ2n) is 4.58. The van der Waals surface area contributed by atoms with Crippen LogP contribution >= 0.6 is 23.2 Å². The van der Waals surface area contributed by atoms with Crippen LogP contribution in [-0.4, -0.2) is 18.2 Å². The smallest absolute Gasteiger partial charge is 0.237 e. The zero-order valence-corrected chi connectivity index (χ0v) is 12.1. The molecule has 1 fully saturated rings. The molecule has 0 N–H and O–H groups in total. The van der Waals surface area contributed by atoms with Crippen molar-refractivity contribution in [1.82, 2.24) is 0 Å². The van der Waals surface area contributed by atoms with Crippen molar-refractivity contribution in [3.8, 4) is 6.07 Å². The van der Waals surface area contributed by atoms with Crippen LogP contribution in [0.1, 0.15) is 19.3 Å². The maximum Gasteiger partial charge on any atom is 0.237 e. The Bertz CT molecular complexity index is 595. The molecule has 4 nitrogen and oxygen atoms in total. The van der Waals surface area contributed by atoms with Gasteiger partial charge in [0.15, 0.2) is 5.78 Å². The summed E-state index contributed by atoms with van der Waals surface area (Å²) in [4.78, 5) is 25.7. The second kappa shape index (κ2) is 6.25. The molecule has 0 saturated carbocycles. The average Bonchev–Trinajstić information content (AvgIpc) is 2.42. The van der Waals surface area contributed by atoms with Crippen LogP contribution in [0.15, 0.2) is 18.2 Å². The Hall–Kier alpha value is -1.57. The number of benzene rings is 1. The van der Waals surface area contributed by atoms with E-state index in [0.717, 1.165) is 0 Å². The van der Waals surface area contributed by atoms with Crippen LogP contribution in [0.25, 0.3) is 0 Å². The highest BCUT2D eigenvalue weighted by molar-refractivity contribution is 6.42. The van der Waals surface area contributed by atoms with Gasteiger partial charge in [-0.15, -0.1) is 0 Å². The molecular formula is C14H12Cl2N2O2. The maximum absolute atomic E-state index is 12.4. The van der Waals surface area contributed by atoms with E-state index in [-0.39, 0.29) is 18.1 Å². The minimum Gasteiger partial charge on any atom is -0.312 e. The molecule has 1 amide bonds. The van der Waals surface area contributed by atoms with Crippen LogP contribution in [-0.2, 0) is 9.59 Å². The molecule has 1 aliphatic heterocycles. The van der Waals surface area contributed by atoms with E-state index >= 15 is 0 Å². The molecule has 0 unspecified atom stereocenters. The summed E-state index contributed by atoms with van der Waals surface area (Å²) in [5, 5.41) is 9.35. The van der Waals surface area contributed by atoms with Crippen molar-refractivity contribution in [3.05, 3.63) is 28.2 Å². The molecule has 2 rings (SSSR count). The van der Waals surface area contributed by atoms with Gasteiger partial charge in [-0.25, -0.2) is 0 Å². The lowest BCUT2D eigenvalue weighted by Crippen LogP contribution is -2.44. The molecule has 104 valence electrons. The van der Waals surface area contributed by atoms with Crippen molar-refractivity contribution < 1.29 is 9.59 Å². The second-order valence-corrected chi connectivity index (χ2v) is 5.40. The fraction of sp³-hybridized carbons (Fsp3) is 0.357.